The van der Waals surface area contributed by atoms with Gasteiger partial charge in [0, 0.05) is 21.4 Å². The Hall–Kier alpha value is -2.39. The Bertz CT molecular complexity index is 1070. The Balaban J connectivity index is 1.90. The number of nitrogens with one attached hydrogen (secondary N) is 1. The van der Waals surface area contributed by atoms with Crippen molar-refractivity contribution in [2.75, 3.05) is 0 Å². The number of H-pyrrole nitrogens is 1. The molecular weight excluding hydrogens is 306 g/mol. The van der Waals surface area contributed by atoms with Gasteiger partial charge in [0.1, 0.15) is 0 Å². The molecule has 0 aliphatic heterocycles. The van der Waals surface area contributed by atoms with Gasteiger partial charge in [-0.25, -0.2) is 4.98 Å². The van der Waals surface area contributed by atoms with Gasteiger partial charge in [-0.3, -0.25) is 5.10 Å². The summed E-state index contributed by atoms with van der Waals surface area (Å²) < 4.78 is 0. The first-order chi connectivity index (χ1) is 11.3. The van der Waals surface area contributed by atoms with Gasteiger partial charge in [-0.15, -0.1) is 0 Å². The summed E-state index contributed by atoms with van der Waals surface area (Å²) in [7, 11) is 0. The van der Waals surface area contributed by atoms with Gasteiger partial charge in [0.25, 0.3) is 0 Å². The molecule has 0 fully saturated rings. The van der Waals surface area contributed by atoms with E-state index in [1.165, 1.54) is 28.3 Å². The van der Waals surface area contributed by atoms with E-state index in [1.807, 2.05) is 24.4 Å². The van der Waals surface area contributed by atoms with Crippen LogP contribution in [0.25, 0.3) is 33.1 Å². The molecule has 1 aliphatic rings. The van der Waals surface area contributed by atoms with Crippen molar-refractivity contribution in [2.24, 2.45) is 0 Å². The van der Waals surface area contributed by atoms with E-state index >= 15 is 0 Å². The quantitative estimate of drug-likeness (QED) is 0.541. The minimum atomic E-state index is 0.751. The highest BCUT2D eigenvalue weighted by molar-refractivity contribution is 6.30. The lowest BCUT2D eigenvalue weighted by Crippen LogP contribution is -1.96. The fourth-order valence-electron chi connectivity index (χ4n) is 3.76. The molecule has 2 aromatic carbocycles. The fraction of sp³-hybridized carbons (Fsp3) is 0.158. The maximum Gasteiger partial charge on any atom is 0.0744 e. The number of nitrogens with zero attached hydrogens (tertiary/aromatic N) is 2. The Kier molecular flexibility index (Phi) is 2.73. The van der Waals surface area contributed by atoms with Gasteiger partial charge in [0.05, 0.1) is 22.9 Å². The van der Waals surface area contributed by atoms with Gasteiger partial charge >= 0.3 is 0 Å². The first-order valence-electron chi connectivity index (χ1n) is 7.85. The Morgan fingerprint density at radius 3 is 2.87 bits per heavy atom. The Morgan fingerprint density at radius 2 is 1.96 bits per heavy atom. The normalized spacial score (nSPS) is 13.8. The third kappa shape index (κ3) is 1.90. The molecule has 0 saturated heterocycles. The molecule has 3 nitrogen and oxygen atoms in total. The predicted molar refractivity (Wildman–Crippen MR) is 93.9 cm³/mol. The molecule has 2 aromatic heterocycles. The van der Waals surface area contributed by atoms with Gasteiger partial charge < -0.3 is 0 Å². The second-order valence-electron chi connectivity index (χ2n) is 6.07. The number of aromatic amines is 1. The van der Waals surface area contributed by atoms with E-state index in [0.29, 0.717) is 0 Å². The molecular formula is C19H14ClN3. The first-order valence-corrected chi connectivity index (χ1v) is 8.22. The highest BCUT2D eigenvalue weighted by Gasteiger charge is 2.22. The maximum absolute atomic E-state index is 6.19. The zero-order valence-corrected chi connectivity index (χ0v) is 13.2. The molecule has 0 saturated carbocycles. The topological polar surface area (TPSA) is 41.6 Å². The zero-order valence-electron chi connectivity index (χ0n) is 12.4. The monoisotopic (exact) mass is 319 g/mol. The van der Waals surface area contributed by atoms with Crippen LogP contribution in [-0.2, 0) is 12.8 Å². The van der Waals surface area contributed by atoms with E-state index in [0.717, 1.165) is 40.2 Å². The molecule has 0 spiro atoms. The van der Waals surface area contributed by atoms with Gasteiger partial charge in [-0.2, -0.15) is 5.10 Å². The fourth-order valence-corrected chi connectivity index (χ4v) is 3.95. The van der Waals surface area contributed by atoms with Gasteiger partial charge in [0.2, 0.25) is 0 Å². The molecule has 2 heterocycles. The van der Waals surface area contributed by atoms with Crippen molar-refractivity contribution in [3.05, 3.63) is 58.7 Å². The third-order valence-corrected chi connectivity index (χ3v) is 4.97. The minimum Gasteiger partial charge on any atom is -0.278 e. The molecule has 1 N–H and O–H groups in total. The highest BCUT2D eigenvalue weighted by Crippen LogP contribution is 2.38. The molecule has 0 radical (unpaired) electrons. The van der Waals surface area contributed by atoms with Crippen molar-refractivity contribution in [2.45, 2.75) is 19.3 Å². The first kappa shape index (κ1) is 13.1. The smallest absolute Gasteiger partial charge is 0.0744 e. The van der Waals surface area contributed by atoms with Crippen LogP contribution in [0, 0.1) is 0 Å². The zero-order chi connectivity index (χ0) is 15.4. The number of aryl methyl sites for hydroxylation is 1. The molecule has 23 heavy (non-hydrogen) atoms. The summed E-state index contributed by atoms with van der Waals surface area (Å²) in [6.45, 7) is 0. The summed E-state index contributed by atoms with van der Waals surface area (Å²) in [5.41, 5.74) is 7.09. The Morgan fingerprint density at radius 1 is 1.04 bits per heavy atom. The lowest BCUT2D eigenvalue weighted by Gasteiger charge is -2.12. The molecule has 0 bridgehead atoms. The molecule has 0 amide bonds. The standard InChI is InChI=1S/C19H14ClN3/c20-12-4-1-3-11(9-12)19-14-6-2-5-13(14)18-15-10-21-23-16(15)7-8-17(18)22-19/h1,3-4,7-10H,2,5-6H2,(H,21,23). The van der Waals surface area contributed by atoms with Crippen molar-refractivity contribution >= 4 is 33.4 Å². The lowest BCUT2D eigenvalue weighted by atomic mass is 9.97. The van der Waals surface area contributed by atoms with Gasteiger partial charge in [-0.05, 0) is 54.7 Å². The van der Waals surface area contributed by atoms with E-state index in [4.69, 9.17) is 16.6 Å². The summed E-state index contributed by atoms with van der Waals surface area (Å²) in [6, 6.07) is 12.1. The minimum absolute atomic E-state index is 0.751. The molecule has 5 rings (SSSR count). The summed E-state index contributed by atoms with van der Waals surface area (Å²) in [5, 5.41) is 10.4. The van der Waals surface area contributed by atoms with E-state index in [1.54, 1.807) is 0 Å². The van der Waals surface area contributed by atoms with Crippen molar-refractivity contribution in [3.8, 4) is 11.3 Å². The van der Waals surface area contributed by atoms with Gasteiger partial charge in [-0.1, -0.05) is 23.7 Å². The van der Waals surface area contributed by atoms with Crippen molar-refractivity contribution in [1.29, 1.82) is 0 Å². The van der Waals surface area contributed by atoms with E-state index in [2.05, 4.69) is 28.4 Å². The number of aromatic nitrogens is 3. The summed E-state index contributed by atoms with van der Waals surface area (Å²) in [6.07, 6.45) is 5.27. The van der Waals surface area contributed by atoms with Crippen molar-refractivity contribution in [3.63, 3.8) is 0 Å². The van der Waals surface area contributed by atoms with Crippen molar-refractivity contribution < 1.29 is 0 Å². The molecule has 112 valence electrons. The van der Waals surface area contributed by atoms with E-state index in [9.17, 15) is 0 Å². The second-order valence-corrected chi connectivity index (χ2v) is 6.51. The number of pyridine rings is 1. The summed E-state index contributed by atoms with van der Waals surface area (Å²) >= 11 is 6.19. The number of hydrogen-bond donors (Lipinski definition) is 1. The predicted octanol–water partition coefficient (Wildman–Crippen LogP) is 4.92. The van der Waals surface area contributed by atoms with Crippen LogP contribution in [0.15, 0.2) is 42.6 Å². The van der Waals surface area contributed by atoms with Crippen LogP contribution in [0.5, 0.6) is 0 Å². The van der Waals surface area contributed by atoms with Crippen LogP contribution in [-0.4, -0.2) is 15.2 Å². The second kappa shape index (κ2) is 4.80. The Labute approximate surface area is 138 Å². The maximum atomic E-state index is 6.19. The average Bonchev–Trinajstić information content (AvgIpc) is 3.22. The molecule has 4 aromatic rings. The highest BCUT2D eigenvalue weighted by atomic mass is 35.5. The van der Waals surface area contributed by atoms with Crippen LogP contribution in [0.4, 0.5) is 0 Å². The molecule has 1 aliphatic carbocycles. The number of rotatable bonds is 1. The lowest BCUT2D eigenvalue weighted by molar-refractivity contribution is 0.913. The van der Waals surface area contributed by atoms with E-state index in [-0.39, 0.29) is 0 Å². The van der Waals surface area contributed by atoms with Crippen molar-refractivity contribution in [1.82, 2.24) is 15.2 Å². The molecule has 0 unspecified atom stereocenters. The van der Waals surface area contributed by atoms with Crippen LogP contribution < -0.4 is 0 Å². The number of fused-ring (bicyclic) bond motifs is 5. The molecule has 4 heteroatoms. The SMILES string of the molecule is Clc1cccc(-c2nc3ccc4[nH]ncc4c3c3c2CCC3)c1. The largest absolute Gasteiger partial charge is 0.278 e. The van der Waals surface area contributed by atoms with Gasteiger partial charge in [0.15, 0.2) is 0 Å². The summed E-state index contributed by atoms with van der Waals surface area (Å²) in [4.78, 5) is 4.99. The third-order valence-electron chi connectivity index (χ3n) is 4.74. The van der Waals surface area contributed by atoms with Crippen LogP contribution in [0.2, 0.25) is 5.02 Å². The van der Waals surface area contributed by atoms with Crippen LogP contribution in [0.3, 0.4) is 0 Å². The number of hydrogen-bond acceptors (Lipinski definition) is 2. The van der Waals surface area contributed by atoms with Crippen LogP contribution in [0.1, 0.15) is 17.5 Å². The summed E-state index contributed by atoms with van der Waals surface area (Å²) in [5.74, 6) is 0. The average molecular weight is 320 g/mol. The van der Waals surface area contributed by atoms with E-state index < -0.39 is 0 Å². The molecule has 0 atom stereocenters. The van der Waals surface area contributed by atoms with Crippen LogP contribution >= 0.6 is 11.6 Å². The number of halogens is 1. The number of benzene rings is 2.